The molecular formula is C31H35ClN2O2RuS. The van der Waals surface area contributed by atoms with Crippen molar-refractivity contribution in [1.82, 2.24) is 4.41 Å². The first kappa shape index (κ1) is 31.9. The van der Waals surface area contributed by atoms with Gasteiger partial charge in [-0.15, -0.1) is 0 Å². The van der Waals surface area contributed by atoms with Crippen LogP contribution in [0.25, 0.3) is 5.84 Å². The van der Waals surface area contributed by atoms with Crippen LogP contribution in [0.5, 0.6) is 0 Å². The van der Waals surface area contributed by atoms with Gasteiger partial charge in [0.1, 0.15) is 0 Å². The van der Waals surface area contributed by atoms with Crippen LogP contribution in [0.1, 0.15) is 53.6 Å². The van der Waals surface area contributed by atoms with Crippen LogP contribution < -0.4 is 0 Å². The van der Waals surface area contributed by atoms with Gasteiger partial charge in [-0.1, -0.05) is 122 Å². The number of benzene rings is 4. The van der Waals surface area contributed by atoms with Crippen molar-refractivity contribution in [2.24, 2.45) is 0 Å². The number of aryl methyl sites for hydroxylation is 2. The van der Waals surface area contributed by atoms with E-state index in [4.69, 9.17) is 5.84 Å². The molecule has 0 aliphatic rings. The fraction of sp³-hybridized carbons (Fsp3) is 0.226. The summed E-state index contributed by atoms with van der Waals surface area (Å²) in [7, 11) is 0.646. The Balaban J connectivity index is 0.000000353. The number of halogens is 1. The van der Waals surface area contributed by atoms with Gasteiger partial charge in [-0.25, -0.2) is 8.42 Å². The maximum atomic E-state index is 13.0. The zero-order valence-corrected chi connectivity index (χ0v) is 25.5. The summed E-state index contributed by atoms with van der Waals surface area (Å²) in [6, 6.07) is 33.7. The third-order valence-electron chi connectivity index (χ3n) is 6.06. The summed E-state index contributed by atoms with van der Waals surface area (Å²) in [5, 5.41) is 0. The van der Waals surface area contributed by atoms with E-state index < -0.39 is 16.1 Å². The molecule has 0 bridgehead atoms. The Hall–Kier alpha value is -2.34. The van der Waals surface area contributed by atoms with Crippen LogP contribution >= 0.6 is 9.69 Å². The van der Waals surface area contributed by atoms with E-state index in [1.807, 2.05) is 84.9 Å². The maximum absolute atomic E-state index is 13.0. The second-order valence-corrected chi connectivity index (χ2v) is 11.1. The van der Waals surface area contributed by atoms with Gasteiger partial charge >= 0.3 is 27.0 Å². The number of hydrogen-bond donors (Lipinski definition) is 0. The summed E-state index contributed by atoms with van der Waals surface area (Å²) in [5.74, 6) is 9.11. The van der Waals surface area contributed by atoms with Crippen molar-refractivity contribution in [3.8, 4) is 0 Å². The van der Waals surface area contributed by atoms with Crippen LogP contribution in [0.15, 0.2) is 114 Å². The molecule has 0 aliphatic carbocycles. The number of sulfonamides is 1. The van der Waals surface area contributed by atoms with Gasteiger partial charge in [0.15, 0.2) is 0 Å². The average molecular weight is 636 g/mol. The van der Waals surface area contributed by atoms with Crippen LogP contribution in [0.2, 0.25) is 0 Å². The summed E-state index contributed by atoms with van der Waals surface area (Å²) in [6.45, 7) is 8.44. The summed E-state index contributed by atoms with van der Waals surface area (Å²) in [4.78, 5) is 0.132. The Morgan fingerprint density at radius 3 is 1.63 bits per heavy atom. The van der Waals surface area contributed by atoms with E-state index in [1.54, 1.807) is 24.3 Å². The zero-order valence-electron chi connectivity index (χ0n) is 22.2. The molecule has 4 nitrogen and oxygen atoms in total. The summed E-state index contributed by atoms with van der Waals surface area (Å²) < 4.78 is 26.7. The molecule has 0 saturated heterocycles. The van der Waals surface area contributed by atoms with Gasteiger partial charge < -0.3 is 5.84 Å². The molecule has 38 heavy (non-hydrogen) atoms. The molecule has 4 aromatic rings. The zero-order chi connectivity index (χ0) is 28.1. The third-order valence-corrected chi connectivity index (χ3v) is 7.70. The fourth-order valence-electron chi connectivity index (χ4n) is 3.79. The van der Waals surface area contributed by atoms with Gasteiger partial charge in [0.2, 0.25) is 10.0 Å². The number of hydrogen-bond acceptors (Lipinski definition) is 2. The predicted octanol–water partition coefficient (Wildman–Crippen LogP) is 8.74. The van der Waals surface area contributed by atoms with Gasteiger partial charge in [-0.05, 0) is 55.0 Å². The first-order chi connectivity index (χ1) is 18.2. The van der Waals surface area contributed by atoms with Crippen molar-refractivity contribution in [2.75, 3.05) is 0 Å². The molecule has 0 aliphatic heterocycles. The second-order valence-electron chi connectivity index (χ2n) is 9.30. The van der Waals surface area contributed by atoms with Crippen molar-refractivity contribution in [3.63, 3.8) is 0 Å². The van der Waals surface area contributed by atoms with E-state index in [9.17, 15) is 8.42 Å². The molecule has 0 heterocycles. The Morgan fingerprint density at radius 1 is 0.711 bits per heavy atom. The normalized spacial score (nSPS) is 11.7. The van der Waals surface area contributed by atoms with Crippen LogP contribution in [-0.4, -0.2) is 12.8 Å². The standard InChI is InChI=1S/C21H21N2O2S.C10H14.ClH.Ru/c1-17-12-14-20(15-13-17)26(24,25)23(22)21(19-10-6-3-7-11-19)16-18-8-4-2-5-9-18;1-8(2)10-6-4-9(3)5-7-10;;/h2-15,21-22H,16H2,1H3;4-8H,1-3H3;1H;/q-1;;;+2/p-1/t21-;;;/m1.../s1. The Morgan fingerprint density at radius 2 is 1.16 bits per heavy atom. The van der Waals surface area contributed by atoms with Gasteiger partial charge in [-0.2, -0.15) is 0 Å². The SMILES string of the molecule is Cc1ccc(C(C)C)cc1.Cc1ccc(S(=O)(=O)N([NH-])[C@H](Cc2ccccc2)c2ccccc2)cc1.[Cl][Ru+]. The number of rotatable bonds is 7. The van der Waals surface area contributed by atoms with E-state index in [0.29, 0.717) is 12.3 Å². The van der Waals surface area contributed by atoms with Crippen molar-refractivity contribution in [2.45, 2.75) is 51.0 Å². The summed E-state index contributed by atoms with van der Waals surface area (Å²) >= 11 is 1.82. The molecule has 0 radical (unpaired) electrons. The monoisotopic (exact) mass is 636 g/mol. The molecule has 4 aromatic carbocycles. The molecule has 0 saturated carbocycles. The molecule has 4 rings (SSSR count). The van der Waals surface area contributed by atoms with E-state index >= 15 is 0 Å². The Labute approximate surface area is 242 Å². The number of nitrogens with zero attached hydrogens (tertiary/aromatic N) is 1. The minimum absolute atomic E-state index is 0.132. The second kappa shape index (κ2) is 15.9. The summed E-state index contributed by atoms with van der Waals surface area (Å²) in [6.07, 6.45) is 0.430. The first-order valence-electron chi connectivity index (χ1n) is 12.3. The molecule has 1 N–H and O–H groups in total. The van der Waals surface area contributed by atoms with Gasteiger partial charge in [-0.3, -0.25) is 4.41 Å². The van der Waals surface area contributed by atoms with Gasteiger partial charge in [0.05, 0.1) is 4.90 Å². The van der Waals surface area contributed by atoms with Crippen molar-refractivity contribution in [3.05, 3.63) is 143 Å². The topological polar surface area (TPSA) is 61.2 Å². The van der Waals surface area contributed by atoms with Gasteiger partial charge in [0.25, 0.3) is 0 Å². The van der Waals surface area contributed by atoms with Crippen molar-refractivity contribution in [1.29, 1.82) is 0 Å². The average Bonchev–Trinajstić information content (AvgIpc) is 2.94. The van der Waals surface area contributed by atoms with E-state index in [2.05, 4.69) is 54.7 Å². The molecule has 0 fully saturated rings. The fourth-order valence-corrected chi connectivity index (χ4v) is 5.03. The van der Waals surface area contributed by atoms with Crippen molar-refractivity contribution < 1.29 is 25.7 Å². The van der Waals surface area contributed by atoms with Gasteiger partial charge in [0, 0.05) is 6.04 Å². The van der Waals surface area contributed by atoms with E-state index in [1.165, 1.54) is 11.1 Å². The first-order valence-corrected chi connectivity index (χ1v) is 16.0. The Bertz CT molecular complexity index is 1320. The predicted molar refractivity (Wildman–Crippen MR) is 155 cm³/mol. The van der Waals surface area contributed by atoms with Crippen LogP contribution in [0.3, 0.4) is 0 Å². The summed E-state index contributed by atoms with van der Waals surface area (Å²) in [5.41, 5.74) is 5.51. The molecule has 0 amide bonds. The molecule has 202 valence electrons. The molecular weight excluding hydrogens is 601 g/mol. The molecule has 0 spiro atoms. The molecule has 1 atom stereocenters. The molecule has 0 unspecified atom stereocenters. The van der Waals surface area contributed by atoms with Crippen molar-refractivity contribution >= 4 is 19.7 Å². The third kappa shape index (κ3) is 9.45. The minimum atomic E-state index is -3.92. The quantitative estimate of drug-likeness (QED) is 0.151. The van der Waals surface area contributed by atoms with E-state index in [0.717, 1.165) is 21.1 Å². The Kier molecular flexibility index (Phi) is 13.4. The molecule has 0 aromatic heterocycles. The molecule has 7 heteroatoms. The van der Waals surface area contributed by atoms with E-state index in [-0.39, 0.29) is 4.90 Å². The van der Waals surface area contributed by atoms with Crippen LogP contribution in [-0.2, 0) is 33.8 Å². The number of nitrogens with one attached hydrogen (secondary N) is 1. The van der Waals surface area contributed by atoms with Crippen LogP contribution in [0, 0.1) is 13.8 Å². The van der Waals surface area contributed by atoms with Crippen LogP contribution in [0.4, 0.5) is 0 Å².